The third-order valence-corrected chi connectivity index (χ3v) is 4.79. The number of nitrogens with one attached hydrogen (secondary N) is 2. The molecule has 0 saturated heterocycles. The quantitative estimate of drug-likeness (QED) is 0.155. The summed E-state index contributed by atoms with van der Waals surface area (Å²) in [4.78, 5) is 13.9. The number of rotatable bonds is 9. The van der Waals surface area contributed by atoms with Gasteiger partial charge in [-0.1, -0.05) is 24.3 Å². The van der Waals surface area contributed by atoms with Crippen LogP contribution in [0.15, 0.2) is 71.3 Å². The molecule has 0 aromatic heterocycles. The first-order chi connectivity index (χ1) is 13.3. The van der Waals surface area contributed by atoms with E-state index in [-0.39, 0.29) is 17.5 Å². The Labute approximate surface area is 174 Å². The fourth-order valence-corrected chi connectivity index (χ4v) is 3.24. The fourth-order valence-electron chi connectivity index (χ4n) is 2.39. The van der Waals surface area contributed by atoms with Crippen LogP contribution in [0.4, 0.5) is 5.69 Å². The lowest BCUT2D eigenvalue weighted by molar-refractivity contribution is 0.103. The number of hydrogen-bond acceptors (Lipinski definition) is 6. The molecule has 0 aliphatic heterocycles. The van der Waals surface area contributed by atoms with Crippen molar-refractivity contribution in [2.75, 3.05) is 4.72 Å². The third-order valence-electron chi connectivity index (χ3n) is 3.72. The summed E-state index contributed by atoms with van der Waals surface area (Å²) < 4.78 is 8.83. The number of halogens is 1. The Balaban J connectivity index is 2.23. The first-order valence-electron chi connectivity index (χ1n) is 8.63. The van der Waals surface area contributed by atoms with Gasteiger partial charge in [0.2, 0.25) is 0 Å². The number of carbonyl (C=O) groups is 1. The number of hydrogen-bond donors (Lipinski definition) is 3. The van der Waals surface area contributed by atoms with Crippen LogP contribution in [-0.4, -0.2) is 17.1 Å². The lowest BCUT2D eigenvalue weighted by atomic mass is 10.0. The van der Waals surface area contributed by atoms with Gasteiger partial charge in [0, 0.05) is 26.8 Å². The monoisotopic (exact) mass is 418 g/mol. The van der Waals surface area contributed by atoms with Crippen molar-refractivity contribution in [2.45, 2.75) is 31.8 Å². The van der Waals surface area contributed by atoms with Gasteiger partial charge in [-0.2, -0.15) is 0 Å². The standard InChI is InChI=1S/C21H23ClN2O3S/c1-5-18(14(4)23-26)21(25)19-12-15(22)6-11-20(19)24-28-17-9-7-16(8-10-17)27-13(2)3/h5-13,23-24,26H,1H2,2-4H3/b18-14+. The van der Waals surface area contributed by atoms with Crippen molar-refractivity contribution in [1.82, 2.24) is 5.48 Å². The fraction of sp³-hybridized carbons (Fsp3) is 0.190. The number of allylic oxidation sites excluding steroid dienone is 3. The molecule has 0 saturated carbocycles. The average molecular weight is 419 g/mol. The lowest BCUT2D eigenvalue weighted by Crippen LogP contribution is -2.13. The second-order valence-corrected chi connectivity index (χ2v) is 7.53. The van der Waals surface area contributed by atoms with E-state index in [0.29, 0.717) is 22.0 Å². The smallest absolute Gasteiger partial charge is 0.196 e. The van der Waals surface area contributed by atoms with Gasteiger partial charge in [-0.05, 0) is 75.2 Å². The number of ketones is 1. The summed E-state index contributed by atoms with van der Waals surface area (Å²) in [5, 5.41) is 9.56. The molecule has 148 valence electrons. The number of anilines is 1. The average Bonchev–Trinajstić information content (AvgIpc) is 2.67. The van der Waals surface area contributed by atoms with Crippen molar-refractivity contribution in [1.29, 1.82) is 0 Å². The molecule has 2 aromatic rings. The largest absolute Gasteiger partial charge is 0.491 e. The highest BCUT2D eigenvalue weighted by molar-refractivity contribution is 8.00. The number of Topliss-reactive ketones (excluding diaryl/α,β-unsaturated/α-hetero) is 1. The van der Waals surface area contributed by atoms with Gasteiger partial charge in [0.05, 0.1) is 11.8 Å². The normalized spacial score (nSPS) is 11.6. The van der Waals surface area contributed by atoms with Crippen LogP contribution < -0.4 is 14.9 Å². The molecule has 28 heavy (non-hydrogen) atoms. The lowest BCUT2D eigenvalue weighted by Gasteiger charge is -2.13. The molecule has 7 heteroatoms. The minimum absolute atomic E-state index is 0.114. The Morgan fingerprint density at radius 1 is 1.25 bits per heavy atom. The maximum atomic E-state index is 12.9. The SMILES string of the molecule is C=C/C(C(=O)c1cc(Cl)ccc1NSc1ccc(OC(C)C)cc1)=C(/C)NO. The zero-order valence-corrected chi connectivity index (χ0v) is 17.5. The van der Waals surface area contributed by atoms with Crippen molar-refractivity contribution in [3.8, 4) is 5.75 Å². The van der Waals surface area contributed by atoms with Crippen molar-refractivity contribution in [3.05, 3.63) is 77.0 Å². The second kappa shape index (κ2) is 10.2. The molecule has 0 atom stereocenters. The molecule has 2 aromatic carbocycles. The van der Waals surface area contributed by atoms with E-state index in [9.17, 15) is 4.79 Å². The van der Waals surface area contributed by atoms with Crippen molar-refractivity contribution in [3.63, 3.8) is 0 Å². The summed E-state index contributed by atoms with van der Waals surface area (Å²) >= 11 is 7.45. The Morgan fingerprint density at radius 2 is 1.93 bits per heavy atom. The molecule has 0 radical (unpaired) electrons. The number of carbonyl (C=O) groups excluding carboxylic acids is 1. The van der Waals surface area contributed by atoms with E-state index < -0.39 is 0 Å². The van der Waals surface area contributed by atoms with E-state index >= 15 is 0 Å². The minimum atomic E-state index is -0.305. The molecule has 2 rings (SSSR count). The highest BCUT2D eigenvalue weighted by atomic mass is 35.5. The molecule has 3 N–H and O–H groups in total. The van der Waals surface area contributed by atoms with Crippen LogP contribution in [0.3, 0.4) is 0 Å². The predicted molar refractivity (Wildman–Crippen MR) is 115 cm³/mol. The van der Waals surface area contributed by atoms with E-state index in [2.05, 4.69) is 11.3 Å². The van der Waals surface area contributed by atoms with Crippen LogP contribution in [-0.2, 0) is 0 Å². The highest BCUT2D eigenvalue weighted by Gasteiger charge is 2.17. The molecule has 0 amide bonds. The van der Waals surface area contributed by atoms with Crippen LogP contribution in [0.2, 0.25) is 5.02 Å². The van der Waals surface area contributed by atoms with Gasteiger partial charge in [0.25, 0.3) is 0 Å². The van der Waals surface area contributed by atoms with Crippen LogP contribution in [0.1, 0.15) is 31.1 Å². The molecule has 0 fully saturated rings. The van der Waals surface area contributed by atoms with Gasteiger partial charge < -0.3 is 9.46 Å². The summed E-state index contributed by atoms with van der Waals surface area (Å²) in [6, 6.07) is 12.7. The summed E-state index contributed by atoms with van der Waals surface area (Å²) in [7, 11) is 0. The van der Waals surface area contributed by atoms with E-state index in [1.54, 1.807) is 25.1 Å². The summed E-state index contributed by atoms with van der Waals surface area (Å²) in [6.45, 7) is 9.19. The predicted octanol–water partition coefficient (Wildman–Crippen LogP) is 5.87. The van der Waals surface area contributed by atoms with Gasteiger partial charge in [0.15, 0.2) is 5.78 Å². The molecule has 0 heterocycles. The molecule has 0 spiro atoms. The number of benzene rings is 2. The topological polar surface area (TPSA) is 70.6 Å². The van der Waals surface area contributed by atoms with Gasteiger partial charge in [-0.3, -0.25) is 15.5 Å². The van der Waals surface area contributed by atoms with Crippen molar-refractivity contribution >= 4 is 35.0 Å². The minimum Gasteiger partial charge on any atom is -0.491 e. The number of ether oxygens (including phenoxy) is 1. The Bertz CT molecular complexity index is 880. The molecule has 0 bridgehead atoms. The van der Waals surface area contributed by atoms with Crippen LogP contribution in [0, 0.1) is 0 Å². The van der Waals surface area contributed by atoms with E-state index in [1.165, 1.54) is 18.0 Å². The third kappa shape index (κ3) is 5.79. The van der Waals surface area contributed by atoms with E-state index in [1.807, 2.05) is 43.6 Å². The van der Waals surface area contributed by atoms with Gasteiger partial charge >= 0.3 is 0 Å². The first kappa shape index (κ1) is 21.9. The van der Waals surface area contributed by atoms with Crippen LogP contribution in [0.25, 0.3) is 0 Å². The molecule has 0 aliphatic carbocycles. The zero-order valence-electron chi connectivity index (χ0n) is 16.0. The van der Waals surface area contributed by atoms with E-state index in [4.69, 9.17) is 21.5 Å². The Hall–Kier alpha value is -2.41. The maximum Gasteiger partial charge on any atom is 0.196 e. The Morgan fingerprint density at radius 3 is 2.50 bits per heavy atom. The van der Waals surface area contributed by atoms with Gasteiger partial charge in [0.1, 0.15) is 5.75 Å². The molecule has 0 unspecified atom stereocenters. The Kier molecular flexibility index (Phi) is 7.99. The summed E-state index contributed by atoms with van der Waals surface area (Å²) in [6.07, 6.45) is 1.51. The number of hydroxylamine groups is 1. The van der Waals surface area contributed by atoms with Crippen LogP contribution in [0.5, 0.6) is 5.75 Å². The highest BCUT2D eigenvalue weighted by Crippen LogP contribution is 2.29. The molecule has 5 nitrogen and oxygen atoms in total. The van der Waals surface area contributed by atoms with Crippen molar-refractivity contribution < 1.29 is 14.7 Å². The van der Waals surface area contributed by atoms with E-state index in [0.717, 1.165) is 10.6 Å². The zero-order chi connectivity index (χ0) is 20.7. The molecular weight excluding hydrogens is 396 g/mol. The van der Waals surface area contributed by atoms with Gasteiger partial charge in [-0.15, -0.1) is 0 Å². The van der Waals surface area contributed by atoms with Crippen LogP contribution >= 0.6 is 23.5 Å². The summed E-state index contributed by atoms with van der Waals surface area (Å²) in [5.41, 5.74) is 3.54. The summed E-state index contributed by atoms with van der Waals surface area (Å²) in [5.74, 6) is 0.495. The molecule has 0 aliphatic rings. The maximum absolute atomic E-state index is 12.9. The second-order valence-electron chi connectivity index (χ2n) is 6.22. The van der Waals surface area contributed by atoms with Gasteiger partial charge in [-0.25, -0.2) is 0 Å². The first-order valence-corrected chi connectivity index (χ1v) is 9.82. The molecular formula is C21H23ClN2O3S. The van der Waals surface area contributed by atoms with Crippen molar-refractivity contribution in [2.24, 2.45) is 0 Å².